The highest BCUT2D eigenvalue weighted by Gasteiger charge is 2.42. The summed E-state index contributed by atoms with van der Waals surface area (Å²) >= 11 is 0. The van der Waals surface area contributed by atoms with Gasteiger partial charge >= 0.3 is 12.1 Å². The second-order valence-corrected chi connectivity index (χ2v) is 9.22. The predicted molar refractivity (Wildman–Crippen MR) is 127 cm³/mol. The number of aromatic nitrogens is 1. The van der Waals surface area contributed by atoms with E-state index >= 15 is 0 Å². The van der Waals surface area contributed by atoms with Gasteiger partial charge in [0.1, 0.15) is 29.2 Å². The van der Waals surface area contributed by atoms with Crippen molar-refractivity contribution in [3.63, 3.8) is 0 Å². The maximum atomic E-state index is 12.7. The Bertz CT molecular complexity index is 1210. The summed E-state index contributed by atoms with van der Waals surface area (Å²) in [7, 11) is 1.59. The fourth-order valence-corrected chi connectivity index (χ4v) is 3.98. The van der Waals surface area contributed by atoms with Gasteiger partial charge in [0.05, 0.1) is 24.9 Å². The standard InChI is InChI=1S/C26H28N2O6/c1-26(2,3)34-25(31)28-15-18(13-22(28)24(29)30)33-23-14-20(16-8-6-5-7-9-16)27-21-12-17(32-4)10-11-19(21)23/h5-12,14,18,22H,13,15H2,1-4H3,(H,29,30)/t18-,22?/m1/s1. The number of benzene rings is 2. The van der Waals surface area contributed by atoms with Gasteiger partial charge in [-0.25, -0.2) is 14.6 Å². The van der Waals surface area contributed by atoms with E-state index in [4.69, 9.17) is 19.2 Å². The quantitative estimate of drug-likeness (QED) is 0.582. The number of pyridine rings is 1. The first-order valence-corrected chi connectivity index (χ1v) is 11.1. The minimum atomic E-state index is -1.09. The van der Waals surface area contributed by atoms with Crippen molar-refractivity contribution in [1.82, 2.24) is 9.88 Å². The van der Waals surface area contributed by atoms with E-state index in [9.17, 15) is 14.7 Å². The number of aliphatic carboxylic acids is 1. The molecule has 8 heteroatoms. The Labute approximate surface area is 198 Å². The molecule has 1 aromatic heterocycles. The summed E-state index contributed by atoms with van der Waals surface area (Å²) in [5.74, 6) is 0.136. The number of methoxy groups -OCH3 is 1. The first kappa shape index (κ1) is 23.4. The summed E-state index contributed by atoms with van der Waals surface area (Å²) in [5, 5.41) is 10.5. The molecule has 0 spiro atoms. The molecule has 0 saturated carbocycles. The lowest BCUT2D eigenvalue weighted by atomic mass is 10.1. The van der Waals surface area contributed by atoms with E-state index in [-0.39, 0.29) is 13.0 Å². The molecule has 1 saturated heterocycles. The van der Waals surface area contributed by atoms with Crippen LogP contribution in [0.5, 0.6) is 11.5 Å². The van der Waals surface area contributed by atoms with Crippen molar-refractivity contribution in [2.45, 2.75) is 44.9 Å². The molecule has 1 N–H and O–H groups in total. The summed E-state index contributed by atoms with van der Waals surface area (Å²) in [6, 6.07) is 16.0. The zero-order valence-electron chi connectivity index (χ0n) is 19.6. The number of nitrogens with zero attached hydrogens (tertiary/aromatic N) is 2. The largest absolute Gasteiger partial charge is 0.497 e. The van der Waals surface area contributed by atoms with Crippen molar-refractivity contribution in [1.29, 1.82) is 0 Å². The van der Waals surface area contributed by atoms with E-state index in [0.29, 0.717) is 22.7 Å². The van der Waals surface area contributed by atoms with Gasteiger partial charge in [-0.3, -0.25) is 4.90 Å². The Morgan fingerprint density at radius 3 is 2.47 bits per heavy atom. The topological polar surface area (TPSA) is 98.2 Å². The molecule has 8 nitrogen and oxygen atoms in total. The van der Waals surface area contributed by atoms with E-state index in [1.54, 1.807) is 27.9 Å². The van der Waals surface area contributed by atoms with Gasteiger partial charge in [-0.15, -0.1) is 0 Å². The zero-order valence-corrected chi connectivity index (χ0v) is 19.6. The van der Waals surface area contributed by atoms with Crippen LogP contribution in [0.25, 0.3) is 22.2 Å². The number of hydrogen-bond acceptors (Lipinski definition) is 6. The molecule has 2 atom stereocenters. The summed E-state index contributed by atoms with van der Waals surface area (Å²) < 4.78 is 17.1. The number of fused-ring (bicyclic) bond motifs is 1. The second kappa shape index (κ2) is 9.21. The second-order valence-electron chi connectivity index (χ2n) is 9.22. The van der Waals surface area contributed by atoms with Crippen LogP contribution in [0.3, 0.4) is 0 Å². The van der Waals surface area contributed by atoms with Crippen molar-refractivity contribution in [2.75, 3.05) is 13.7 Å². The highest BCUT2D eigenvalue weighted by atomic mass is 16.6. The summed E-state index contributed by atoms with van der Waals surface area (Å²) in [4.78, 5) is 30.5. The van der Waals surface area contributed by atoms with E-state index in [0.717, 1.165) is 10.9 Å². The van der Waals surface area contributed by atoms with Gasteiger partial charge in [0.25, 0.3) is 0 Å². The predicted octanol–water partition coefficient (Wildman–Crippen LogP) is 4.75. The molecule has 0 bridgehead atoms. The lowest BCUT2D eigenvalue weighted by Gasteiger charge is -2.26. The molecule has 1 unspecified atom stereocenters. The average Bonchev–Trinajstić information content (AvgIpc) is 3.22. The fraction of sp³-hybridized carbons (Fsp3) is 0.346. The number of ether oxygens (including phenoxy) is 3. The van der Waals surface area contributed by atoms with Crippen LogP contribution in [0.2, 0.25) is 0 Å². The van der Waals surface area contributed by atoms with Crippen molar-refractivity contribution in [2.24, 2.45) is 0 Å². The minimum absolute atomic E-state index is 0.104. The number of likely N-dealkylation sites (tertiary alicyclic amines) is 1. The van der Waals surface area contributed by atoms with Crippen LogP contribution in [-0.2, 0) is 9.53 Å². The third-order valence-electron chi connectivity index (χ3n) is 5.52. The monoisotopic (exact) mass is 464 g/mol. The van der Waals surface area contributed by atoms with Crippen LogP contribution in [0.4, 0.5) is 4.79 Å². The number of carboxylic acids is 1. The summed E-state index contributed by atoms with van der Waals surface area (Å²) in [5.41, 5.74) is 1.59. The van der Waals surface area contributed by atoms with Crippen LogP contribution in [-0.4, -0.2) is 58.5 Å². The van der Waals surface area contributed by atoms with Gasteiger partial charge in [0.2, 0.25) is 0 Å². The highest BCUT2D eigenvalue weighted by Crippen LogP contribution is 2.34. The third-order valence-corrected chi connectivity index (χ3v) is 5.52. The number of carbonyl (C=O) groups excluding carboxylic acids is 1. The first-order valence-electron chi connectivity index (χ1n) is 11.1. The van der Waals surface area contributed by atoms with Gasteiger partial charge in [-0.1, -0.05) is 30.3 Å². The number of carboxylic acid groups (broad SMARTS) is 1. The fourth-order valence-electron chi connectivity index (χ4n) is 3.98. The van der Waals surface area contributed by atoms with E-state index in [1.807, 2.05) is 54.6 Å². The van der Waals surface area contributed by atoms with Crippen LogP contribution in [0, 0.1) is 0 Å². The smallest absolute Gasteiger partial charge is 0.411 e. The van der Waals surface area contributed by atoms with Gasteiger partial charge in [-0.05, 0) is 32.9 Å². The highest BCUT2D eigenvalue weighted by molar-refractivity contribution is 5.89. The van der Waals surface area contributed by atoms with Crippen molar-refractivity contribution in [3.05, 3.63) is 54.6 Å². The van der Waals surface area contributed by atoms with Crippen molar-refractivity contribution in [3.8, 4) is 22.8 Å². The normalized spacial score (nSPS) is 18.1. The molecule has 0 aliphatic carbocycles. The molecule has 3 aromatic rings. The molecular formula is C26H28N2O6. The maximum absolute atomic E-state index is 12.7. The zero-order chi connectivity index (χ0) is 24.5. The molecule has 1 aliphatic heterocycles. The van der Waals surface area contributed by atoms with Crippen molar-refractivity contribution >= 4 is 23.0 Å². The Balaban J connectivity index is 1.68. The lowest BCUT2D eigenvalue weighted by Crippen LogP contribution is -2.43. The van der Waals surface area contributed by atoms with E-state index in [1.165, 1.54) is 4.90 Å². The molecule has 178 valence electrons. The molecule has 1 fully saturated rings. The lowest BCUT2D eigenvalue weighted by molar-refractivity contribution is -0.142. The van der Waals surface area contributed by atoms with E-state index < -0.39 is 29.8 Å². The summed E-state index contributed by atoms with van der Waals surface area (Å²) in [6.45, 7) is 5.33. The number of carbonyl (C=O) groups is 2. The number of amides is 1. The minimum Gasteiger partial charge on any atom is -0.497 e. The van der Waals surface area contributed by atoms with Gasteiger partial charge in [0.15, 0.2) is 0 Å². The molecule has 4 rings (SSSR count). The molecule has 1 aliphatic rings. The number of rotatable bonds is 5. The molecule has 34 heavy (non-hydrogen) atoms. The molecule has 2 aromatic carbocycles. The molecule has 2 heterocycles. The van der Waals surface area contributed by atoms with Gasteiger partial charge in [-0.2, -0.15) is 0 Å². The van der Waals surface area contributed by atoms with E-state index in [2.05, 4.69) is 0 Å². The average molecular weight is 465 g/mol. The first-order chi connectivity index (χ1) is 16.1. The molecule has 0 radical (unpaired) electrons. The van der Waals surface area contributed by atoms with Crippen LogP contribution in [0.15, 0.2) is 54.6 Å². The van der Waals surface area contributed by atoms with Crippen LogP contribution in [0.1, 0.15) is 27.2 Å². The Kier molecular flexibility index (Phi) is 6.32. The Hall–Kier alpha value is -3.81. The van der Waals surface area contributed by atoms with Crippen LogP contribution >= 0.6 is 0 Å². The maximum Gasteiger partial charge on any atom is 0.411 e. The third kappa shape index (κ3) is 5.06. The Morgan fingerprint density at radius 2 is 1.82 bits per heavy atom. The Morgan fingerprint density at radius 1 is 1.09 bits per heavy atom. The van der Waals surface area contributed by atoms with Gasteiger partial charge in [0, 0.05) is 29.5 Å². The summed E-state index contributed by atoms with van der Waals surface area (Å²) in [6.07, 6.45) is -1.04. The molecular weight excluding hydrogens is 436 g/mol. The van der Waals surface area contributed by atoms with Crippen molar-refractivity contribution < 1.29 is 28.9 Å². The van der Waals surface area contributed by atoms with Gasteiger partial charge < -0.3 is 19.3 Å². The SMILES string of the molecule is COc1ccc2c(O[C@@H]3CC(C(=O)O)N(C(=O)OC(C)(C)C)C3)cc(-c3ccccc3)nc2c1. The molecule has 1 amide bonds. The van der Waals surface area contributed by atoms with Crippen LogP contribution < -0.4 is 9.47 Å². The number of hydrogen-bond donors (Lipinski definition) is 1.